The summed E-state index contributed by atoms with van der Waals surface area (Å²) in [4.78, 5) is 4.32. The minimum atomic E-state index is 0.396. The van der Waals surface area contributed by atoms with Crippen molar-refractivity contribution in [3.8, 4) is 0 Å². The Morgan fingerprint density at radius 1 is 1.29 bits per heavy atom. The van der Waals surface area contributed by atoms with Gasteiger partial charge in [-0.1, -0.05) is 27.7 Å². The van der Waals surface area contributed by atoms with Gasteiger partial charge in [-0.05, 0) is 25.2 Å². The fourth-order valence-corrected chi connectivity index (χ4v) is 2.51. The Kier molecular flexibility index (Phi) is 5.69. The van der Waals surface area contributed by atoms with Crippen LogP contribution in [-0.4, -0.2) is 16.1 Å². The summed E-state index contributed by atoms with van der Waals surface area (Å²) in [6.07, 6.45) is 7.43. The molecule has 0 spiro atoms. The van der Waals surface area contributed by atoms with Gasteiger partial charge in [0, 0.05) is 30.4 Å². The van der Waals surface area contributed by atoms with Crippen molar-refractivity contribution in [2.45, 2.75) is 58.9 Å². The Morgan fingerprint density at radius 3 is 2.41 bits per heavy atom. The Balaban J connectivity index is 2.92. The number of hydrogen-bond acceptors (Lipinski definition) is 2. The molecular formula is C14H27N3. The number of aromatic nitrogens is 2. The lowest BCUT2D eigenvalue weighted by atomic mass is 9.98. The molecule has 1 unspecified atom stereocenters. The number of hydrogen-bond donors (Lipinski definition) is 1. The molecule has 3 nitrogen and oxygen atoms in total. The second-order valence-electron chi connectivity index (χ2n) is 5.26. The maximum absolute atomic E-state index is 5.92. The SMILES string of the molecule is CCC(CC)c1cncn1C(CN)CC(C)C. The molecule has 0 aromatic carbocycles. The van der Waals surface area contributed by atoms with E-state index in [1.807, 2.05) is 12.5 Å². The highest BCUT2D eigenvalue weighted by molar-refractivity contribution is 5.07. The highest BCUT2D eigenvalue weighted by Crippen LogP contribution is 2.27. The highest BCUT2D eigenvalue weighted by Gasteiger charge is 2.18. The van der Waals surface area contributed by atoms with Gasteiger partial charge >= 0.3 is 0 Å². The van der Waals surface area contributed by atoms with Crippen LogP contribution in [0.5, 0.6) is 0 Å². The molecule has 0 fully saturated rings. The second kappa shape index (κ2) is 6.80. The normalized spacial score (nSPS) is 13.6. The first-order chi connectivity index (χ1) is 8.13. The number of nitrogens with two attached hydrogens (primary N) is 1. The number of nitrogens with zero attached hydrogens (tertiary/aromatic N) is 2. The van der Waals surface area contributed by atoms with E-state index in [2.05, 4.69) is 37.2 Å². The van der Waals surface area contributed by atoms with Crippen LogP contribution in [0.25, 0.3) is 0 Å². The van der Waals surface area contributed by atoms with E-state index in [-0.39, 0.29) is 0 Å². The van der Waals surface area contributed by atoms with Crippen LogP contribution in [0.1, 0.15) is 64.6 Å². The molecule has 0 bridgehead atoms. The lowest BCUT2D eigenvalue weighted by molar-refractivity contribution is 0.389. The molecule has 0 amide bonds. The van der Waals surface area contributed by atoms with Crippen LogP contribution in [0.15, 0.2) is 12.5 Å². The third-order valence-electron chi connectivity index (χ3n) is 3.51. The van der Waals surface area contributed by atoms with Crippen LogP contribution < -0.4 is 5.73 Å². The van der Waals surface area contributed by atoms with Crippen molar-refractivity contribution in [2.24, 2.45) is 11.7 Å². The average molecular weight is 237 g/mol. The maximum atomic E-state index is 5.92. The van der Waals surface area contributed by atoms with E-state index in [9.17, 15) is 0 Å². The molecule has 1 rings (SSSR count). The molecule has 2 N–H and O–H groups in total. The molecule has 1 aromatic rings. The Morgan fingerprint density at radius 2 is 1.94 bits per heavy atom. The van der Waals surface area contributed by atoms with E-state index in [1.54, 1.807) is 0 Å². The lowest BCUT2D eigenvalue weighted by Gasteiger charge is -2.24. The van der Waals surface area contributed by atoms with Gasteiger partial charge in [0.05, 0.1) is 6.33 Å². The van der Waals surface area contributed by atoms with Crippen molar-refractivity contribution in [1.82, 2.24) is 9.55 Å². The molecule has 0 radical (unpaired) electrons. The Labute approximate surface area is 105 Å². The maximum Gasteiger partial charge on any atom is 0.0951 e. The molecule has 17 heavy (non-hydrogen) atoms. The van der Waals surface area contributed by atoms with Crippen molar-refractivity contribution in [1.29, 1.82) is 0 Å². The van der Waals surface area contributed by atoms with Crippen LogP contribution >= 0.6 is 0 Å². The molecule has 98 valence electrons. The van der Waals surface area contributed by atoms with E-state index >= 15 is 0 Å². The van der Waals surface area contributed by atoms with Gasteiger partial charge in [0.2, 0.25) is 0 Å². The standard InChI is InChI=1S/C14H27N3/c1-5-12(6-2)14-9-16-10-17(14)13(8-15)7-11(3)4/h9-13H,5-8,15H2,1-4H3. The zero-order valence-electron chi connectivity index (χ0n) is 11.7. The Bertz CT molecular complexity index is 313. The number of rotatable bonds is 7. The zero-order chi connectivity index (χ0) is 12.8. The van der Waals surface area contributed by atoms with E-state index in [0.717, 1.165) is 6.42 Å². The number of imidazole rings is 1. The highest BCUT2D eigenvalue weighted by atomic mass is 15.1. The molecule has 0 aliphatic heterocycles. The fourth-order valence-electron chi connectivity index (χ4n) is 2.51. The molecule has 3 heteroatoms. The summed E-state index contributed by atoms with van der Waals surface area (Å²) in [7, 11) is 0. The largest absolute Gasteiger partial charge is 0.330 e. The van der Waals surface area contributed by atoms with Crippen molar-refractivity contribution in [3.63, 3.8) is 0 Å². The Hall–Kier alpha value is -0.830. The molecule has 0 saturated heterocycles. The van der Waals surface area contributed by atoms with Crippen molar-refractivity contribution in [2.75, 3.05) is 6.54 Å². The monoisotopic (exact) mass is 237 g/mol. The van der Waals surface area contributed by atoms with E-state index < -0.39 is 0 Å². The molecule has 0 saturated carbocycles. The topological polar surface area (TPSA) is 43.8 Å². The third kappa shape index (κ3) is 3.56. The molecule has 0 aliphatic rings. The lowest BCUT2D eigenvalue weighted by Crippen LogP contribution is -2.22. The summed E-state index contributed by atoms with van der Waals surface area (Å²) in [5.41, 5.74) is 7.27. The van der Waals surface area contributed by atoms with Crippen LogP contribution in [-0.2, 0) is 0 Å². The van der Waals surface area contributed by atoms with E-state index in [4.69, 9.17) is 5.73 Å². The summed E-state index contributed by atoms with van der Waals surface area (Å²) >= 11 is 0. The van der Waals surface area contributed by atoms with Crippen molar-refractivity contribution in [3.05, 3.63) is 18.2 Å². The van der Waals surface area contributed by atoms with Crippen molar-refractivity contribution >= 4 is 0 Å². The molecule has 1 heterocycles. The quantitative estimate of drug-likeness (QED) is 0.790. The molecule has 1 atom stereocenters. The van der Waals surface area contributed by atoms with Crippen molar-refractivity contribution < 1.29 is 0 Å². The third-order valence-corrected chi connectivity index (χ3v) is 3.51. The average Bonchev–Trinajstić information content (AvgIpc) is 2.76. The van der Waals surface area contributed by atoms with Crippen LogP contribution in [0.4, 0.5) is 0 Å². The zero-order valence-corrected chi connectivity index (χ0v) is 11.7. The fraction of sp³-hybridized carbons (Fsp3) is 0.786. The van der Waals surface area contributed by atoms with E-state index in [0.29, 0.717) is 24.4 Å². The summed E-state index contributed by atoms with van der Waals surface area (Å²) < 4.78 is 2.30. The van der Waals surface area contributed by atoms with Crippen LogP contribution in [0, 0.1) is 5.92 Å². The summed E-state index contributed by atoms with van der Waals surface area (Å²) in [5, 5.41) is 0. The first-order valence-corrected chi connectivity index (χ1v) is 6.85. The summed E-state index contributed by atoms with van der Waals surface area (Å²) in [6, 6.07) is 0.396. The summed E-state index contributed by atoms with van der Waals surface area (Å²) in [6.45, 7) is 9.67. The first-order valence-electron chi connectivity index (χ1n) is 6.85. The van der Waals surface area contributed by atoms with Gasteiger partial charge in [-0.15, -0.1) is 0 Å². The van der Waals surface area contributed by atoms with Gasteiger partial charge < -0.3 is 10.3 Å². The van der Waals surface area contributed by atoms with Gasteiger partial charge in [-0.2, -0.15) is 0 Å². The second-order valence-corrected chi connectivity index (χ2v) is 5.26. The molecule has 0 aliphatic carbocycles. The molecule has 1 aromatic heterocycles. The minimum Gasteiger partial charge on any atom is -0.330 e. The minimum absolute atomic E-state index is 0.396. The van der Waals surface area contributed by atoms with Crippen LogP contribution in [0.3, 0.4) is 0 Å². The predicted octanol–water partition coefficient (Wildman–Crippen LogP) is 3.33. The smallest absolute Gasteiger partial charge is 0.0951 e. The van der Waals surface area contributed by atoms with Gasteiger partial charge in [-0.3, -0.25) is 0 Å². The molecular weight excluding hydrogens is 210 g/mol. The summed E-state index contributed by atoms with van der Waals surface area (Å²) in [5.74, 6) is 1.28. The predicted molar refractivity (Wildman–Crippen MR) is 73.1 cm³/mol. The first kappa shape index (κ1) is 14.2. The van der Waals surface area contributed by atoms with Gasteiger partial charge in [0.15, 0.2) is 0 Å². The van der Waals surface area contributed by atoms with Gasteiger partial charge in [0.1, 0.15) is 0 Å². The van der Waals surface area contributed by atoms with Gasteiger partial charge in [-0.25, -0.2) is 4.98 Å². The van der Waals surface area contributed by atoms with Crippen LogP contribution in [0.2, 0.25) is 0 Å². The van der Waals surface area contributed by atoms with E-state index in [1.165, 1.54) is 18.5 Å². The van der Waals surface area contributed by atoms with Gasteiger partial charge in [0.25, 0.3) is 0 Å².